The van der Waals surface area contributed by atoms with Crippen LogP contribution >= 0.6 is 10.8 Å². The van der Waals surface area contributed by atoms with Crippen molar-refractivity contribution in [1.29, 1.82) is 0 Å². The van der Waals surface area contributed by atoms with Crippen molar-refractivity contribution in [2.24, 2.45) is 10.3 Å². The Labute approximate surface area is 238 Å². The molecule has 1 aliphatic rings. The maximum Gasteiger partial charge on any atom is 0.299 e. The average molecular weight is 599 g/mol. The van der Waals surface area contributed by atoms with Gasteiger partial charge in [-0.15, -0.1) is 4.40 Å². The maximum absolute atomic E-state index is 13.6. The summed E-state index contributed by atoms with van der Waals surface area (Å²) >= 11 is 0. The van der Waals surface area contributed by atoms with Crippen molar-refractivity contribution in [3.63, 3.8) is 0 Å². The van der Waals surface area contributed by atoms with Gasteiger partial charge >= 0.3 is 0 Å². The molecule has 0 unspecified atom stereocenters. The van der Waals surface area contributed by atoms with E-state index in [2.05, 4.69) is 24.1 Å². The Hall–Kier alpha value is -3.95. The molecule has 0 spiro atoms. The fraction of sp³-hybridized carbons (Fsp3) is 0.222. The van der Waals surface area contributed by atoms with Gasteiger partial charge in [0.25, 0.3) is 15.8 Å². The summed E-state index contributed by atoms with van der Waals surface area (Å²) in [4.78, 5) is 17.8. The van der Waals surface area contributed by atoms with Crippen LogP contribution < -0.4 is 20.3 Å². The van der Waals surface area contributed by atoms with Crippen molar-refractivity contribution >= 4 is 49.2 Å². The van der Waals surface area contributed by atoms with Gasteiger partial charge in [0, 0.05) is 19.3 Å². The van der Waals surface area contributed by atoms with Crippen LogP contribution in [0.15, 0.2) is 80.9 Å². The Bertz CT molecular complexity index is 1810. The number of amidine groups is 1. The molecule has 0 bridgehead atoms. The van der Waals surface area contributed by atoms with Crippen LogP contribution in [0.1, 0.15) is 31.4 Å². The fourth-order valence-corrected chi connectivity index (χ4v) is 6.44. The van der Waals surface area contributed by atoms with Crippen molar-refractivity contribution in [3.05, 3.63) is 88.3 Å². The largest absolute Gasteiger partial charge is 0.506 e. The zero-order valence-corrected chi connectivity index (χ0v) is 23.9. The van der Waals surface area contributed by atoms with Gasteiger partial charge in [0.2, 0.25) is 0 Å². The van der Waals surface area contributed by atoms with Gasteiger partial charge < -0.3 is 10.4 Å². The van der Waals surface area contributed by atoms with E-state index in [1.807, 2.05) is 19.9 Å². The second-order valence-electron chi connectivity index (χ2n) is 9.94. The number of aromatic hydroxyl groups is 1. The average Bonchev–Trinajstić information content (AvgIpc) is 2.92. The van der Waals surface area contributed by atoms with Crippen molar-refractivity contribution in [2.45, 2.75) is 38.3 Å². The zero-order chi connectivity index (χ0) is 29.4. The number of hydrogen-bond donors (Lipinski definition) is 6. The van der Waals surface area contributed by atoms with Crippen LogP contribution in [0.25, 0.3) is 11.0 Å². The normalized spacial score (nSPS) is 15.2. The van der Waals surface area contributed by atoms with E-state index >= 15 is 0 Å². The third-order valence-electron chi connectivity index (χ3n) is 6.47. The molecule has 0 aliphatic carbocycles. The number of hydrogen-bond acceptors (Lipinski definition) is 9. The molecule has 0 atom stereocenters. The molecule has 0 saturated heterocycles. The summed E-state index contributed by atoms with van der Waals surface area (Å²) in [6.45, 7) is 4.44. The number of rotatable bonds is 9. The van der Waals surface area contributed by atoms with Crippen LogP contribution in [0.4, 0.5) is 11.4 Å². The van der Waals surface area contributed by atoms with E-state index in [4.69, 9.17) is 0 Å². The molecule has 5 rings (SSSR count). The number of aryl methyl sites for hydroxylation is 1. The number of fused-ring (bicyclic) bond motifs is 2. The lowest BCUT2D eigenvalue weighted by atomic mass is 10.1. The lowest BCUT2D eigenvalue weighted by molar-refractivity contribution is 0.473. The van der Waals surface area contributed by atoms with Gasteiger partial charge in [0.05, 0.1) is 16.8 Å². The van der Waals surface area contributed by atoms with Gasteiger partial charge in [0.15, 0.2) is 5.84 Å². The standard InChI is InChI=1S/C27H30N6O6S2/c1-17(2)12-14-33-26-20(9-6-13-28-26)24(34)23(27(33)35)25-30-21-11-10-19(15-22(21)40(36,37)32-25)31-41(38,39)29-16-18-7-4-3-5-8-18/h3-11,13,15,17,29,31,34,36-37H,12,14,16H2,1-2H3,(H,30,32). The molecular formula is C27H30N6O6S2. The van der Waals surface area contributed by atoms with Crippen molar-refractivity contribution in [1.82, 2.24) is 14.3 Å². The van der Waals surface area contributed by atoms with Crippen molar-refractivity contribution < 1.29 is 22.6 Å². The van der Waals surface area contributed by atoms with E-state index in [-0.39, 0.29) is 34.2 Å². The molecule has 12 nitrogen and oxygen atoms in total. The highest BCUT2D eigenvalue weighted by molar-refractivity contribution is 8.23. The lowest BCUT2D eigenvalue weighted by Crippen LogP contribution is -2.33. The van der Waals surface area contributed by atoms with Gasteiger partial charge in [-0.25, -0.2) is 4.98 Å². The Balaban J connectivity index is 1.47. The van der Waals surface area contributed by atoms with Gasteiger partial charge in [-0.3, -0.25) is 23.2 Å². The number of aromatic nitrogens is 2. The van der Waals surface area contributed by atoms with Gasteiger partial charge in [0.1, 0.15) is 21.9 Å². The molecule has 2 aromatic carbocycles. The summed E-state index contributed by atoms with van der Waals surface area (Å²) in [7, 11) is -7.89. The highest BCUT2D eigenvalue weighted by Crippen LogP contribution is 2.56. The number of nitrogens with zero attached hydrogens (tertiary/aromatic N) is 3. The van der Waals surface area contributed by atoms with Crippen molar-refractivity contribution in [3.8, 4) is 5.75 Å². The molecule has 216 valence electrons. The second-order valence-corrected chi connectivity index (χ2v) is 13.1. The summed E-state index contributed by atoms with van der Waals surface area (Å²) in [5.41, 5.74) is 0.512. The number of pyridine rings is 2. The summed E-state index contributed by atoms with van der Waals surface area (Å²) in [6.07, 6.45) is 2.20. The van der Waals surface area contributed by atoms with E-state index in [0.717, 1.165) is 5.56 Å². The maximum atomic E-state index is 13.6. The van der Waals surface area contributed by atoms with E-state index in [9.17, 15) is 27.4 Å². The van der Waals surface area contributed by atoms with E-state index in [1.54, 1.807) is 36.4 Å². The number of anilines is 2. The quantitative estimate of drug-likeness (QED) is 0.163. The molecule has 14 heteroatoms. The monoisotopic (exact) mass is 598 g/mol. The molecule has 0 radical (unpaired) electrons. The van der Waals surface area contributed by atoms with E-state index in [0.29, 0.717) is 29.9 Å². The highest BCUT2D eigenvalue weighted by atomic mass is 32.3. The number of benzene rings is 2. The fourth-order valence-electron chi connectivity index (χ4n) is 4.39. The summed E-state index contributed by atoms with van der Waals surface area (Å²) in [5, 5.41) is 14.3. The summed E-state index contributed by atoms with van der Waals surface area (Å²) < 4.78 is 57.4. The Kier molecular flexibility index (Phi) is 7.76. The van der Waals surface area contributed by atoms with Gasteiger partial charge in [-0.2, -0.15) is 13.1 Å². The summed E-state index contributed by atoms with van der Waals surface area (Å²) in [5.74, 6) is -0.318. The van der Waals surface area contributed by atoms with Crippen LogP contribution in [0.5, 0.6) is 5.75 Å². The van der Waals surface area contributed by atoms with Crippen LogP contribution in [-0.2, 0) is 23.3 Å². The summed E-state index contributed by atoms with van der Waals surface area (Å²) in [6, 6.07) is 16.3. The molecule has 4 aromatic rings. The zero-order valence-electron chi connectivity index (χ0n) is 22.3. The first-order chi connectivity index (χ1) is 19.4. The minimum absolute atomic E-state index is 0.0605. The molecule has 6 N–H and O–H groups in total. The molecule has 0 fully saturated rings. The molecule has 0 saturated carbocycles. The molecule has 0 amide bonds. The van der Waals surface area contributed by atoms with Gasteiger partial charge in [-0.05, 0) is 48.2 Å². The highest BCUT2D eigenvalue weighted by Gasteiger charge is 2.31. The van der Waals surface area contributed by atoms with E-state index in [1.165, 1.54) is 29.0 Å². The number of nitrogens with one attached hydrogen (secondary N) is 3. The van der Waals surface area contributed by atoms with Crippen LogP contribution in [0.2, 0.25) is 0 Å². The molecule has 41 heavy (non-hydrogen) atoms. The topological polar surface area (TPSA) is 178 Å². The minimum Gasteiger partial charge on any atom is -0.506 e. The first kappa shape index (κ1) is 28.6. The van der Waals surface area contributed by atoms with Crippen LogP contribution in [0, 0.1) is 5.92 Å². The smallest absolute Gasteiger partial charge is 0.299 e. The molecule has 2 aromatic heterocycles. The molecule has 1 aliphatic heterocycles. The Morgan fingerprint density at radius 2 is 1.83 bits per heavy atom. The predicted octanol–water partition coefficient (Wildman–Crippen LogP) is 4.49. The first-order valence-corrected chi connectivity index (χ1v) is 15.8. The molecule has 3 heterocycles. The SMILES string of the molecule is CC(C)CCn1c(=O)c(C2=NS(O)(O)c3cc(NS(=O)(=O)NCc4ccccc4)ccc3N2)c(O)c2cccnc21. The van der Waals surface area contributed by atoms with Crippen LogP contribution in [-0.4, -0.2) is 38.0 Å². The Morgan fingerprint density at radius 3 is 2.56 bits per heavy atom. The lowest BCUT2D eigenvalue weighted by Gasteiger charge is -2.34. The molecular weight excluding hydrogens is 568 g/mol. The minimum atomic E-state index is -3.99. The van der Waals surface area contributed by atoms with Gasteiger partial charge in [-0.1, -0.05) is 55.0 Å². The first-order valence-electron chi connectivity index (χ1n) is 12.8. The third-order valence-corrected chi connectivity index (χ3v) is 8.86. The Morgan fingerprint density at radius 1 is 1.07 bits per heavy atom. The van der Waals surface area contributed by atoms with Crippen molar-refractivity contribution in [2.75, 3.05) is 10.0 Å². The third kappa shape index (κ3) is 6.06. The predicted molar refractivity (Wildman–Crippen MR) is 161 cm³/mol. The van der Waals surface area contributed by atoms with Crippen LogP contribution in [0.3, 0.4) is 0 Å². The van der Waals surface area contributed by atoms with E-state index < -0.39 is 32.3 Å². The second kappa shape index (κ2) is 11.1.